The zero-order chi connectivity index (χ0) is 17.5. The van der Waals surface area contributed by atoms with E-state index >= 15 is 0 Å². The topological polar surface area (TPSA) is 55.6 Å². The Labute approximate surface area is 145 Å². The van der Waals surface area contributed by atoms with Gasteiger partial charge in [-0.2, -0.15) is 0 Å². The first-order valence-electron chi connectivity index (χ1n) is 7.66. The molecule has 3 rings (SSSR count). The van der Waals surface area contributed by atoms with Crippen molar-refractivity contribution in [2.75, 3.05) is 5.32 Å². The van der Waals surface area contributed by atoms with E-state index in [0.29, 0.717) is 22.7 Å². The fourth-order valence-corrected chi connectivity index (χ4v) is 2.31. The minimum Gasteiger partial charge on any atom is -0.489 e. The van der Waals surface area contributed by atoms with E-state index in [9.17, 15) is 4.79 Å². The number of anilines is 1. The lowest BCUT2D eigenvalue weighted by molar-refractivity contribution is 0.102. The Bertz CT molecular complexity index is 917. The van der Waals surface area contributed by atoms with Crippen LogP contribution >= 0.6 is 0 Å². The van der Waals surface area contributed by atoms with Gasteiger partial charge in [0.25, 0.3) is 5.91 Å². The van der Waals surface area contributed by atoms with Crippen molar-refractivity contribution in [1.82, 2.24) is 4.98 Å². The molecule has 0 aliphatic carbocycles. The van der Waals surface area contributed by atoms with Gasteiger partial charge in [-0.25, -0.2) is 4.85 Å². The SMILES string of the molecule is [C-]#[N+]c1ccccc1COc1ccccc1C(=O)Nc1cccnc1. The highest BCUT2D eigenvalue weighted by Crippen LogP contribution is 2.24. The Balaban J connectivity index is 1.77. The molecule has 2 aromatic carbocycles. The third kappa shape index (κ3) is 4.01. The number of carbonyl (C=O) groups excluding carboxylic acids is 1. The summed E-state index contributed by atoms with van der Waals surface area (Å²) in [4.78, 5) is 20.0. The minimum atomic E-state index is -0.276. The van der Waals surface area contributed by atoms with E-state index in [2.05, 4.69) is 15.1 Å². The molecular weight excluding hydrogens is 314 g/mol. The molecule has 0 bridgehead atoms. The summed E-state index contributed by atoms with van der Waals surface area (Å²) >= 11 is 0. The van der Waals surface area contributed by atoms with Gasteiger partial charge in [-0.1, -0.05) is 36.4 Å². The van der Waals surface area contributed by atoms with Crippen molar-refractivity contribution in [1.29, 1.82) is 0 Å². The monoisotopic (exact) mass is 329 g/mol. The van der Waals surface area contributed by atoms with E-state index < -0.39 is 0 Å². The van der Waals surface area contributed by atoms with Gasteiger partial charge in [0, 0.05) is 6.20 Å². The first kappa shape index (κ1) is 16.2. The molecule has 0 radical (unpaired) electrons. The Hall–Kier alpha value is -3.65. The fraction of sp³-hybridized carbons (Fsp3) is 0.0500. The van der Waals surface area contributed by atoms with Gasteiger partial charge in [0.15, 0.2) is 5.69 Å². The molecule has 1 heterocycles. The van der Waals surface area contributed by atoms with Crippen molar-refractivity contribution < 1.29 is 9.53 Å². The predicted octanol–water partition coefficient (Wildman–Crippen LogP) is 4.46. The van der Waals surface area contributed by atoms with Crippen LogP contribution in [0.3, 0.4) is 0 Å². The van der Waals surface area contributed by atoms with Gasteiger partial charge >= 0.3 is 0 Å². The standard InChI is InChI=1S/C20H15N3O2/c1-21-18-10-4-2-7-15(18)14-25-19-11-5-3-9-17(19)20(24)23-16-8-6-12-22-13-16/h2-13H,14H2,(H,23,24). The number of amides is 1. The zero-order valence-electron chi connectivity index (χ0n) is 13.3. The number of pyridine rings is 1. The third-order valence-corrected chi connectivity index (χ3v) is 3.55. The van der Waals surface area contributed by atoms with Crippen LogP contribution in [0.1, 0.15) is 15.9 Å². The van der Waals surface area contributed by atoms with Gasteiger partial charge in [0.05, 0.1) is 24.0 Å². The predicted molar refractivity (Wildman–Crippen MR) is 95.7 cm³/mol. The normalized spacial score (nSPS) is 9.88. The van der Waals surface area contributed by atoms with Crippen molar-refractivity contribution in [2.45, 2.75) is 6.61 Å². The summed E-state index contributed by atoms with van der Waals surface area (Å²) in [5, 5.41) is 2.79. The largest absolute Gasteiger partial charge is 0.489 e. The Morgan fingerprint density at radius 1 is 1.08 bits per heavy atom. The second-order valence-electron chi connectivity index (χ2n) is 5.22. The van der Waals surface area contributed by atoms with E-state index in [0.717, 1.165) is 5.56 Å². The summed E-state index contributed by atoms with van der Waals surface area (Å²) in [6.45, 7) is 7.42. The molecule has 0 aliphatic heterocycles. The molecule has 0 atom stereocenters. The molecule has 0 unspecified atom stereocenters. The van der Waals surface area contributed by atoms with Gasteiger partial charge in [0.2, 0.25) is 0 Å². The van der Waals surface area contributed by atoms with Crippen LogP contribution in [0, 0.1) is 6.57 Å². The van der Waals surface area contributed by atoms with E-state index in [4.69, 9.17) is 11.3 Å². The van der Waals surface area contributed by atoms with Gasteiger partial charge < -0.3 is 10.1 Å². The number of ether oxygens (including phenoxy) is 1. The molecule has 3 aromatic rings. The molecule has 0 saturated heterocycles. The van der Waals surface area contributed by atoms with Crippen molar-refractivity contribution in [3.63, 3.8) is 0 Å². The Morgan fingerprint density at radius 3 is 2.68 bits per heavy atom. The average Bonchev–Trinajstić information content (AvgIpc) is 2.67. The molecule has 25 heavy (non-hydrogen) atoms. The van der Waals surface area contributed by atoms with Crippen LogP contribution in [0.5, 0.6) is 5.75 Å². The van der Waals surface area contributed by atoms with Crippen LogP contribution in [0.25, 0.3) is 4.85 Å². The molecule has 0 aliphatic rings. The summed E-state index contributed by atoms with van der Waals surface area (Å²) in [5.74, 6) is 0.186. The van der Waals surface area contributed by atoms with E-state index in [1.54, 1.807) is 54.9 Å². The minimum absolute atomic E-state index is 0.218. The van der Waals surface area contributed by atoms with Gasteiger partial charge in [-0.15, -0.1) is 0 Å². The number of benzene rings is 2. The van der Waals surface area contributed by atoms with E-state index in [1.807, 2.05) is 18.2 Å². The second kappa shape index (κ2) is 7.75. The molecule has 5 nitrogen and oxygen atoms in total. The summed E-state index contributed by atoms with van der Waals surface area (Å²) in [6, 6.07) is 17.8. The van der Waals surface area contributed by atoms with Crippen molar-refractivity contribution in [3.8, 4) is 5.75 Å². The Morgan fingerprint density at radius 2 is 1.88 bits per heavy atom. The summed E-state index contributed by atoms with van der Waals surface area (Å²) in [5.41, 5.74) is 2.35. The summed E-state index contributed by atoms with van der Waals surface area (Å²) < 4.78 is 5.80. The summed E-state index contributed by atoms with van der Waals surface area (Å²) in [6.07, 6.45) is 3.22. The molecular formula is C20H15N3O2. The highest BCUT2D eigenvalue weighted by molar-refractivity contribution is 6.06. The number of carbonyl (C=O) groups is 1. The first-order valence-corrected chi connectivity index (χ1v) is 7.66. The van der Waals surface area contributed by atoms with Crippen molar-refractivity contribution in [2.24, 2.45) is 0 Å². The molecule has 1 aromatic heterocycles. The highest BCUT2D eigenvalue weighted by Gasteiger charge is 2.13. The number of hydrogen-bond acceptors (Lipinski definition) is 3. The van der Waals surface area contributed by atoms with Crippen LogP contribution in [-0.4, -0.2) is 10.9 Å². The quantitative estimate of drug-likeness (QED) is 0.703. The molecule has 122 valence electrons. The van der Waals surface area contributed by atoms with E-state index in [1.165, 1.54) is 0 Å². The number of rotatable bonds is 5. The van der Waals surface area contributed by atoms with Gasteiger partial charge in [0.1, 0.15) is 12.4 Å². The lowest BCUT2D eigenvalue weighted by Gasteiger charge is -2.12. The molecule has 0 saturated carbocycles. The first-order chi connectivity index (χ1) is 12.3. The summed E-state index contributed by atoms with van der Waals surface area (Å²) in [7, 11) is 0. The van der Waals surface area contributed by atoms with Crippen molar-refractivity contribution >= 4 is 17.3 Å². The highest BCUT2D eigenvalue weighted by atomic mass is 16.5. The number of nitrogens with one attached hydrogen (secondary N) is 1. The number of aromatic nitrogens is 1. The van der Waals surface area contributed by atoms with Crippen LogP contribution in [0.2, 0.25) is 0 Å². The van der Waals surface area contributed by atoms with Gasteiger partial charge in [-0.05, 0) is 29.8 Å². The molecule has 1 N–H and O–H groups in total. The van der Waals surface area contributed by atoms with E-state index in [-0.39, 0.29) is 12.5 Å². The maximum Gasteiger partial charge on any atom is 0.259 e. The van der Waals surface area contributed by atoms with Crippen LogP contribution in [0.4, 0.5) is 11.4 Å². The average molecular weight is 329 g/mol. The second-order valence-corrected chi connectivity index (χ2v) is 5.22. The lowest BCUT2D eigenvalue weighted by atomic mass is 10.1. The third-order valence-electron chi connectivity index (χ3n) is 3.55. The molecule has 1 amide bonds. The number of nitrogens with zero attached hydrogens (tertiary/aromatic N) is 2. The molecule has 5 heteroatoms. The number of para-hydroxylation sites is 2. The lowest BCUT2D eigenvalue weighted by Crippen LogP contribution is -2.13. The maximum absolute atomic E-state index is 12.5. The Kier molecular flexibility index (Phi) is 5.03. The fourth-order valence-electron chi connectivity index (χ4n) is 2.31. The molecule has 0 spiro atoms. The zero-order valence-corrected chi connectivity index (χ0v) is 13.3. The smallest absolute Gasteiger partial charge is 0.259 e. The van der Waals surface area contributed by atoms with Gasteiger partial charge in [-0.3, -0.25) is 9.78 Å². The number of hydrogen-bond donors (Lipinski definition) is 1. The van der Waals surface area contributed by atoms with Crippen molar-refractivity contribution in [3.05, 3.63) is 95.6 Å². The maximum atomic E-state index is 12.5. The molecule has 0 fully saturated rings. The van der Waals surface area contributed by atoms with Crippen LogP contribution in [0.15, 0.2) is 73.1 Å². The van der Waals surface area contributed by atoms with Crippen LogP contribution in [-0.2, 0) is 6.61 Å². The van der Waals surface area contributed by atoms with Crippen LogP contribution < -0.4 is 10.1 Å².